The Bertz CT molecular complexity index is 930. The van der Waals surface area contributed by atoms with Gasteiger partial charge in [0.05, 0.1) is 19.2 Å². The van der Waals surface area contributed by atoms with Gasteiger partial charge in [0.15, 0.2) is 5.01 Å². The molecule has 134 valence electrons. The van der Waals surface area contributed by atoms with E-state index in [2.05, 4.69) is 15.5 Å². The molecule has 1 heterocycles. The Labute approximate surface area is 159 Å². The van der Waals surface area contributed by atoms with E-state index in [1.165, 1.54) is 25.6 Å². The maximum Gasteiger partial charge on any atom is 0.341 e. The molecule has 0 saturated carbocycles. The minimum absolute atomic E-state index is 0.378. The zero-order valence-electron chi connectivity index (χ0n) is 14.2. The molecule has 3 rings (SSSR count). The maximum absolute atomic E-state index is 11.9. The molecule has 0 aliphatic carbocycles. The zero-order chi connectivity index (χ0) is 18.5. The Balaban J connectivity index is 1.74. The number of methoxy groups -OCH3 is 2. The van der Waals surface area contributed by atoms with Crippen LogP contribution in [-0.4, -0.2) is 30.4 Å². The first-order valence-corrected chi connectivity index (χ1v) is 8.89. The smallest absolute Gasteiger partial charge is 0.341 e. The van der Waals surface area contributed by atoms with E-state index in [1.807, 2.05) is 30.3 Å². The highest BCUT2D eigenvalue weighted by atomic mass is 35.5. The first-order chi connectivity index (χ1) is 12.6. The van der Waals surface area contributed by atoms with Gasteiger partial charge in [-0.2, -0.15) is 0 Å². The molecule has 0 bridgehead atoms. The largest absolute Gasteiger partial charge is 0.496 e. The van der Waals surface area contributed by atoms with Gasteiger partial charge in [0, 0.05) is 12.1 Å². The summed E-state index contributed by atoms with van der Waals surface area (Å²) in [5, 5.41) is 13.5. The lowest BCUT2D eigenvalue weighted by Crippen LogP contribution is -2.06. The van der Waals surface area contributed by atoms with Gasteiger partial charge >= 0.3 is 5.97 Å². The van der Waals surface area contributed by atoms with E-state index in [0.717, 1.165) is 16.1 Å². The van der Waals surface area contributed by atoms with E-state index in [0.29, 0.717) is 28.0 Å². The molecule has 1 aromatic heterocycles. The number of nitrogens with zero attached hydrogens (tertiary/aromatic N) is 2. The molecular weight excluding hydrogens is 374 g/mol. The Morgan fingerprint density at radius 1 is 1.19 bits per heavy atom. The molecular formula is C18H16ClN3O3S. The van der Waals surface area contributed by atoms with Crippen LogP contribution in [-0.2, 0) is 11.3 Å². The first kappa shape index (κ1) is 18.2. The normalized spacial score (nSPS) is 10.4. The van der Waals surface area contributed by atoms with Crippen molar-refractivity contribution in [2.24, 2.45) is 0 Å². The highest BCUT2D eigenvalue weighted by molar-refractivity contribution is 7.18. The van der Waals surface area contributed by atoms with Crippen LogP contribution >= 0.6 is 22.9 Å². The molecule has 3 aromatic rings. The number of benzene rings is 2. The van der Waals surface area contributed by atoms with Crippen LogP contribution in [0.25, 0.3) is 10.6 Å². The van der Waals surface area contributed by atoms with Crippen molar-refractivity contribution >= 4 is 34.0 Å². The van der Waals surface area contributed by atoms with Crippen LogP contribution in [0.1, 0.15) is 15.9 Å². The van der Waals surface area contributed by atoms with Gasteiger partial charge in [-0.3, -0.25) is 0 Å². The number of nitrogens with one attached hydrogen (secondary N) is 1. The van der Waals surface area contributed by atoms with Crippen LogP contribution in [0.15, 0.2) is 42.5 Å². The van der Waals surface area contributed by atoms with Crippen molar-refractivity contribution in [2.75, 3.05) is 19.5 Å². The third kappa shape index (κ3) is 3.95. The van der Waals surface area contributed by atoms with E-state index in [-0.39, 0.29) is 0 Å². The minimum Gasteiger partial charge on any atom is -0.496 e. The van der Waals surface area contributed by atoms with Crippen LogP contribution in [0.2, 0.25) is 5.02 Å². The van der Waals surface area contributed by atoms with Gasteiger partial charge in [-0.1, -0.05) is 47.2 Å². The Morgan fingerprint density at radius 3 is 2.73 bits per heavy atom. The quantitative estimate of drug-likeness (QED) is 0.635. The van der Waals surface area contributed by atoms with Gasteiger partial charge in [0.25, 0.3) is 0 Å². The molecule has 2 aromatic carbocycles. The molecule has 0 atom stereocenters. The van der Waals surface area contributed by atoms with Gasteiger partial charge < -0.3 is 14.8 Å². The van der Waals surface area contributed by atoms with Crippen molar-refractivity contribution < 1.29 is 14.3 Å². The second-order valence-electron chi connectivity index (χ2n) is 5.27. The van der Waals surface area contributed by atoms with Crippen molar-refractivity contribution in [3.63, 3.8) is 0 Å². The fraction of sp³-hybridized carbons (Fsp3) is 0.167. The third-order valence-electron chi connectivity index (χ3n) is 3.64. The topological polar surface area (TPSA) is 73.3 Å². The molecule has 0 fully saturated rings. The maximum atomic E-state index is 11.9. The Hall–Kier alpha value is -2.64. The molecule has 0 amide bonds. The van der Waals surface area contributed by atoms with Crippen LogP contribution in [0, 0.1) is 0 Å². The summed E-state index contributed by atoms with van der Waals surface area (Å²) < 4.78 is 9.98. The average molecular weight is 390 g/mol. The number of halogens is 1. The highest BCUT2D eigenvalue weighted by Gasteiger charge is 2.14. The second-order valence-corrected chi connectivity index (χ2v) is 6.66. The highest BCUT2D eigenvalue weighted by Crippen LogP contribution is 2.31. The molecule has 0 spiro atoms. The number of esters is 1. The van der Waals surface area contributed by atoms with E-state index in [1.54, 1.807) is 12.1 Å². The van der Waals surface area contributed by atoms with Crippen molar-refractivity contribution in [1.29, 1.82) is 0 Å². The average Bonchev–Trinajstić information content (AvgIpc) is 3.14. The summed E-state index contributed by atoms with van der Waals surface area (Å²) in [7, 11) is 2.85. The van der Waals surface area contributed by atoms with Gasteiger partial charge in [0.1, 0.15) is 11.3 Å². The van der Waals surface area contributed by atoms with Gasteiger partial charge in [-0.05, 0) is 23.8 Å². The standard InChI is InChI=1S/C18H16ClN3O3S/c1-24-15-8-7-11(9-13(15)17(23)25-2)10-20-18-22-21-16(26-18)12-5-3-4-6-14(12)19/h3-9H,10H2,1-2H3,(H,20,22). The monoisotopic (exact) mass is 389 g/mol. The van der Waals surface area contributed by atoms with E-state index >= 15 is 0 Å². The number of hydrogen-bond acceptors (Lipinski definition) is 7. The van der Waals surface area contributed by atoms with E-state index in [9.17, 15) is 4.79 Å². The number of ether oxygens (including phenoxy) is 2. The van der Waals surface area contributed by atoms with Crippen LogP contribution < -0.4 is 10.1 Å². The summed E-state index contributed by atoms with van der Waals surface area (Å²) in [6, 6.07) is 12.8. The van der Waals surface area contributed by atoms with E-state index < -0.39 is 5.97 Å². The van der Waals surface area contributed by atoms with Crippen molar-refractivity contribution in [2.45, 2.75) is 6.54 Å². The fourth-order valence-corrected chi connectivity index (χ4v) is 3.41. The summed E-state index contributed by atoms with van der Waals surface area (Å²) in [6.07, 6.45) is 0. The van der Waals surface area contributed by atoms with Crippen molar-refractivity contribution in [1.82, 2.24) is 10.2 Å². The summed E-state index contributed by atoms with van der Waals surface area (Å²) in [6.45, 7) is 0.477. The molecule has 0 aliphatic rings. The van der Waals surface area contributed by atoms with Crippen molar-refractivity contribution in [3.05, 3.63) is 58.6 Å². The summed E-state index contributed by atoms with van der Waals surface area (Å²) in [4.78, 5) is 11.9. The number of aromatic nitrogens is 2. The predicted octanol–water partition coefficient (Wildman–Crippen LogP) is 4.27. The number of carbonyl (C=O) groups is 1. The lowest BCUT2D eigenvalue weighted by Gasteiger charge is -2.09. The lowest BCUT2D eigenvalue weighted by atomic mass is 10.1. The Morgan fingerprint density at radius 2 is 2.00 bits per heavy atom. The minimum atomic E-state index is -0.444. The first-order valence-electron chi connectivity index (χ1n) is 7.70. The molecule has 26 heavy (non-hydrogen) atoms. The van der Waals surface area contributed by atoms with Crippen LogP contribution in [0.4, 0.5) is 5.13 Å². The van der Waals surface area contributed by atoms with Crippen LogP contribution in [0.3, 0.4) is 0 Å². The lowest BCUT2D eigenvalue weighted by molar-refractivity contribution is 0.0597. The Kier molecular flexibility index (Phi) is 5.70. The number of rotatable bonds is 6. The third-order valence-corrected chi connectivity index (χ3v) is 4.89. The molecule has 1 N–H and O–H groups in total. The number of anilines is 1. The molecule has 6 nitrogen and oxygen atoms in total. The number of carbonyl (C=O) groups excluding carboxylic acids is 1. The van der Waals surface area contributed by atoms with Gasteiger partial charge in [-0.15, -0.1) is 10.2 Å². The molecule has 8 heteroatoms. The molecule has 0 saturated heterocycles. The van der Waals surface area contributed by atoms with E-state index in [4.69, 9.17) is 21.1 Å². The molecule has 0 unspecified atom stereocenters. The SMILES string of the molecule is COC(=O)c1cc(CNc2nnc(-c3ccccc3Cl)s2)ccc1OC. The van der Waals surface area contributed by atoms with Gasteiger partial charge in [0.2, 0.25) is 5.13 Å². The summed E-state index contributed by atoms with van der Waals surface area (Å²) in [5.41, 5.74) is 2.11. The molecule has 0 aliphatic heterocycles. The van der Waals surface area contributed by atoms with Gasteiger partial charge in [-0.25, -0.2) is 4.79 Å². The zero-order valence-corrected chi connectivity index (χ0v) is 15.7. The predicted molar refractivity (Wildman–Crippen MR) is 102 cm³/mol. The summed E-state index contributed by atoms with van der Waals surface area (Å²) in [5.74, 6) is 0.0261. The molecule has 0 radical (unpaired) electrons. The summed E-state index contributed by atoms with van der Waals surface area (Å²) >= 11 is 7.60. The van der Waals surface area contributed by atoms with Crippen LogP contribution in [0.5, 0.6) is 5.75 Å². The second kappa shape index (κ2) is 8.16. The fourth-order valence-electron chi connectivity index (χ4n) is 2.35. The van der Waals surface area contributed by atoms with Crippen molar-refractivity contribution in [3.8, 4) is 16.3 Å². The number of hydrogen-bond donors (Lipinski definition) is 1.